The van der Waals surface area contributed by atoms with Crippen molar-refractivity contribution >= 4 is 40.0 Å². The van der Waals surface area contributed by atoms with Crippen molar-refractivity contribution in [1.29, 1.82) is 0 Å². The van der Waals surface area contributed by atoms with Crippen LogP contribution >= 0.6 is 0 Å². The molecule has 1 saturated carbocycles. The van der Waals surface area contributed by atoms with Gasteiger partial charge in [-0.2, -0.15) is 9.97 Å². The summed E-state index contributed by atoms with van der Waals surface area (Å²) in [6.07, 6.45) is 4.03. The number of hydrogen-bond donors (Lipinski definition) is 2. The maximum absolute atomic E-state index is 15.1. The number of halogens is 3. The zero-order valence-electron chi connectivity index (χ0n) is 20.4. The van der Waals surface area contributed by atoms with Crippen LogP contribution in [0.25, 0.3) is 11.2 Å². The quantitative estimate of drug-likeness (QED) is 0.368. The molecule has 0 spiro atoms. The topological polar surface area (TPSA) is 74.1 Å². The summed E-state index contributed by atoms with van der Waals surface area (Å²) in [5.74, 6) is -1.07. The first-order chi connectivity index (χ1) is 17.9. The largest absolute Gasteiger partial charge is 0.367 e. The van der Waals surface area contributed by atoms with Crippen LogP contribution in [-0.4, -0.2) is 57.6 Å². The van der Waals surface area contributed by atoms with Crippen molar-refractivity contribution in [1.82, 2.24) is 24.4 Å². The zero-order chi connectivity index (χ0) is 25.5. The summed E-state index contributed by atoms with van der Waals surface area (Å²) in [4.78, 5) is 17.9. The van der Waals surface area contributed by atoms with Crippen LogP contribution in [0.4, 0.5) is 42.0 Å². The Kier molecular flexibility index (Phi) is 6.07. The summed E-state index contributed by atoms with van der Waals surface area (Å²) in [6, 6.07) is 8.53. The molecule has 6 rings (SSSR count). The number of nitrogens with zero attached hydrogens (tertiary/aromatic N) is 6. The first-order valence-electron chi connectivity index (χ1n) is 12.4. The van der Waals surface area contributed by atoms with Crippen LogP contribution in [0.2, 0.25) is 0 Å². The Morgan fingerprint density at radius 2 is 1.59 bits per heavy atom. The average molecular weight is 509 g/mol. The Hall–Kier alpha value is -3.86. The van der Waals surface area contributed by atoms with Crippen LogP contribution in [0.15, 0.2) is 42.7 Å². The molecule has 11 heteroatoms. The van der Waals surface area contributed by atoms with E-state index >= 15 is 4.39 Å². The van der Waals surface area contributed by atoms with Gasteiger partial charge in [0.25, 0.3) is 0 Å². The van der Waals surface area contributed by atoms with Gasteiger partial charge < -0.3 is 25.0 Å². The zero-order valence-corrected chi connectivity index (χ0v) is 20.4. The number of likely N-dealkylation sites (N-methyl/N-ethyl adjacent to an activating group) is 1. The predicted molar refractivity (Wildman–Crippen MR) is 137 cm³/mol. The second kappa shape index (κ2) is 9.55. The fourth-order valence-electron chi connectivity index (χ4n) is 4.53. The molecule has 4 aromatic rings. The fourth-order valence-corrected chi connectivity index (χ4v) is 4.53. The highest BCUT2D eigenvalue weighted by Crippen LogP contribution is 2.33. The first kappa shape index (κ1) is 23.5. The summed E-state index contributed by atoms with van der Waals surface area (Å²) in [6.45, 7) is 4.09. The van der Waals surface area contributed by atoms with E-state index in [2.05, 4.69) is 37.5 Å². The van der Waals surface area contributed by atoms with E-state index in [1.54, 1.807) is 18.5 Å². The minimum Gasteiger partial charge on any atom is -0.367 e. The molecule has 0 atom stereocenters. The van der Waals surface area contributed by atoms with E-state index in [9.17, 15) is 8.78 Å². The summed E-state index contributed by atoms with van der Waals surface area (Å²) in [5, 5.41) is 6.13. The second-order valence-corrected chi connectivity index (χ2v) is 9.74. The first-order valence-corrected chi connectivity index (χ1v) is 12.4. The van der Waals surface area contributed by atoms with E-state index in [-0.39, 0.29) is 11.8 Å². The SMILES string of the molecule is CN1CCN(c2ccc(Nc3nc(Nc4ccc(F)c(F)c4)c4ncn(CC5CC5)c4n3)cc2F)CC1. The van der Waals surface area contributed by atoms with Gasteiger partial charge in [-0.1, -0.05) is 0 Å². The Morgan fingerprint density at radius 1 is 0.865 bits per heavy atom. The van der Waals surface area contributed by atoms with Gasteiger partial charge in [0, 0.05) is 50.2 Å². The van der Waals surface area contributed by atoms with Gasteiger partial charge in [-0.3, -0.25) is 0 Å². The van der Waals surface area contributed by atoms with Gasteiger partial charge in [0.1, 0.15) is 5.82 Å². The van der Waals surface area contributed by atoms with Crippen molar-refractivity contribution in [3.63, 3.8) is 0 Å². The molecule has 2 fully saturated rings. The molecule has 192 valence electrons. The van der Waals surface area contributed by atoms with Crippen LogP contribution in [-0.2, 0) is 6.54 Å². The molecular formula is C26H27F3N8. The smallest absolute Gasteiger partial charge is 0.231 e. The monoisotopic (exact) mass is 508 g/mol. The molecule has 0 unspecified atom stereocenters. The van der Waals surface area contributed by atoms with Crippen LogP contribution in [0.1, 0.15) is 12.8 Å². The van der Waals surface area contributed by atoms with Crippen LogP contribution in [0, 0.1) is 23.4 Å². The van der Waals surface area contributed by atoms with E-state index in [1.807, 2.05) is 9.47 Å². The van der Waals surface area contributed by atoms with Gasteiger partial charge in [-0.15, -0.1) is 0 Å². The highest BCUT2D eigenvalue weighted by atomic mass is 19.2. The lowest BCUT2D eigenvalue weighted by Gasteiger charge is -2.34. The molecule has 1 saturated heterocycles. The predicted octanol–water partition coefficient (Wildman–Crippen LogP) is 4.89. The molecule has 1 aliphatic carbocycles. The molecule has 2 N–H and O–H groups in total. The van der Waals surface area contributed by atoms with Gasteiger partial charge in [-0.25, -0.2) is 18.2 Å². The Morgan fingerprint density at radius 3 is 2.32 bits per heavy atom. The molecule has 3 heterocycles. The van der Waals surface area contributed by atoms with Gasteiger partial charge in [-0.05, 0) is 56.1 Å². The van der Waals surface area contributed by atoms with Crippen molar-refractivity contribution in [2.24, 2.45) is 5.92 Å². The highest BCUT2D eigenvalue weighted by Gasteiger charge is 2.24. The lowest BCUT2D eigenvalue weighted by Crippen LogP contribution is -2.44. The number of rotatable bonds is 7. The van der Waals surface area contributed by atoms with Crippen LogP contribution < -0.4 is 15.5 Å². The Labute approximate surface area is 212 Å². The molecule has 2 aromatic carbocycles. The minimum atomic E-state index is -0.969. The van der Waals surface area contributed by atoms with Gasteiger partial charge in [0.05, 0.1) is 12.0 Å². The minimum absolute atomic E-state index is 0.238. The van der Waals surface area contributed by atoms with E-state index in [0.717, 1.165) is 57.7 Å². The highest BCUT2D eigenvalue weighted by molar-refractivity contribution is 5.87. The molecule has 37 heavy (non-hydrogen) atoms. The fraction of sp³-hybridized carbons (Fsp3) is 0.346. The van der Waals surface area contributed by atoms with Gasteiger partial charge in [0.15, 0.2) is 28.6 Å². The van der Waals surface area contributed by atoms with Crippen LogP contribution in [0.3, 0.4) is 0 Å². The number of aromatic nitrogens is 4. The molecule has 2 aromatic heterocycles. The molecule has 2 aliphatic rings. The maximum atomic E-state index is 15.1. The summed E-state index contributed by atoms with van der Waals surface area (Å²) in [7, 11) is 2.06. The van der Waals surface area contributed by atoms with Crippen LogP contribution in [0.5, 0.6) is 0 Å². The lowest BCUT2D eigenvalue weighted by molar-refractivity contribution is 0.311. The molecule has 1 aliphatic heterocycles. The number of hydrogen-bond acceptors (Lipinski definition) is 7. The summed E-state index contributed by atoms with van der Waals surface area (Å²) >= 11 is 0. The van der Waals surface area contributed by atoms with E-state index in [4.69, 9.17) is 0 Å². The molecule has 0 bridgehead atoms. The van der Waals surface area contributed by atoms with Crippen molar-refractivity contribution in [3.05, 3.63) is 60.2 Å². The third kappa shape index (κ3) is 5.04. The number of imidazole rings is 1. The molecule has 8 nitrogen and oxygen atoms in total. The maximum Gasteiger partial charge on any atom is 0.231 e. The number of piperazine rings is 1. The lowest BCUT2D eigenvalue weighted by atomic mass is 10.2. The van der Waals surface area contributed by atoms with Gasteiger partial charge in [0.2, 0.25) is 5.95 Å². The normalized spacial score (nSPS) is 16.4. The summed E-state index contributed by atoms with van der Waals surface area (Å²) in [5.41, 5.74) is 2.50. The van der Waals surface area contributed by atoms with E-state index in [1.165, 1.54) is 12.1 Å². The third-order valence-electron chi connectivity index (χ3n) is 6.85. The number of nitrogens with one attached hydrogen (secondary N) is 2. The second-order valence-electron chi connectivity index (χ2n) is 9.74. The Bertz CT molecular complexity index is 1440. The molecule has 0 amide bonds. The van der Waals surface area contributed by atoms with E-state index < -0.39 is 11.6 Å². The van der Waals surface area contributed by atoms with E-state index in [0.29, 0.717) is 40.0 Å². The Balaban J connectivity index is 1.31. The number of fused-ring (bicyclic) bond motifs is 1. The van der Waals surface area contributed by atoms with Crippen molar-refractivity contribution in [3.8, 4) is 0 Å². The molecular weight excluding hydrogens is 481 g/mol. The standard InChI is InChI=1S/C26H27F3N8/c1-35-8-10-36(11-9-35)22-7-5-18(13-21(22)29)32-26-33-24(31-17-4-6-19(27)20(28)12-17)23-25(34-26)37(15-30-23)14-16-2-3-16/h4-7,12-13,15-16H,2-3,8-11,14H2,1H3,(H2,31,32,33,34). The van der Waals surface area contributed by atoms with Crippen molar-refractivity contribution < 1.29 is 13.2 Å². The third-order valence-corrected chi connectivity index (χ3v) is 6.85. The van der Waals surface area contributed by atoms with Gasteiger partial charge >= 0.3 is 0 Å². The average Bonchev–Trinajstić information content (AvgIpc) is 3.61. The number of benzene rings is 2. The van der Waals surface area contributed by atoms with Crippen molar-refractivity contribution in [2.75, 3.05) is 48.8 Å². The molecule has 0 radical (unpaired) electrons. The van der Waals surface area contributed by atoms with Crippen molar-refractivity contribution in [2.45, 2.75) is 19.4 Å². The summed E-state index contributed by atoms with van der Waals surface area (Å²) < 4.78 is 44.3. The number of anilines is 5.